The second-order valence-electron chi connectivity index (χ2n) is 8.51. The maximum atomic E-state index is 12.9. The van der Waals surface area contributed by atoms with Gasteiger partial charge in [-0.15, -0.1) is 0 Å². The number of rotatable bonds is 6. The van der Waals surface area contributed by atoms with Crippen LogP contribution in [0.2, 0.25) is 5.02 Å². The Kier molecular flexibility index (Phi) is 6.67. The molecule has 36 heavy (non-hydrogen) atoms. The van der Waals surface area contributed by atoms with Gasteiger partial charge in [0, 0.05) is 40.7 Å². The van der Waals surface area contributed by atoms with Gasteiger partial charge in [-0.3, -0.25) is 14.4 Å². The Labute approximate surface area is 218 Å². The van der Waals surface area contributed by atoms with Crippen LogP contribution in [0.3, 0.4) is 0 Å². The molecule has 9 heteroatoms. The van der Waals surface area contributed by atoms with Crippen LogP contribution in [0.15, 0.2) is 83.5 Å². The standard InChI is InChI=1S/C27H22Cl2N4O3/c28-18-4-3-5-22(16-18)33-26(35)23(29)24(27(33)36)30-19-8-6-17(7-9-19)25(34)31-20-10-12-21(13-11-20)32-14-1-2-15-32/h3-13,16,30H,1-2,14-15H2,(H,31,34). The Balaban J connectivity index is 1.24. The van der Waals surface area contributed by atoms with Gasteiger partial charge in [0.1, 0.15) is 10.7 Å². The van der Waals surface area contributed by atoms with Crippen LogP contribution >= 0.6 is 23.2 Å². The zero-order valence-corrected chi connectivity index (χ0v) is 20.6. The summed E-state index contributed by atoms with van der Waals surface area (Å²) in [5.74, 6) is -1.49. The average Bonchev–Trinajstić information content (AvgIpc) is 3.49. The lowest BCUT2D eigenvalue weighted by molar-refractivity contribution is -0.120. The van der Waals surface area contributed by atoms with Crippen molar-refractivity contribution in [2.45, 2.75) is 12.8 Å². The molecule has 0 saturated carbocycles. The van der Waals surface area contributed by atoms with E-state index in [0.29, 0.717) is 27.6 Å². The van der Waals surface area contributed by atoms with Gasteiger partial charge in [-0.05, 0) is 79.6 Å². The second kappa shape index (κ2) is 10.0. The molecule has 0 radical (unpaired) electrons. The molecule has 5 rings (SSSR count). The fourth-order valence-corrected chi connectivity index (χ4v) is 4.64. The van der Waals surface area contributed by atoms with Crippen LogP contribution in [0.4, 0.5) is 22.7 Å². The molecule has 0 bridgehead atoms. The topological polar surface area (TPSA) is 81.8 Å². The molecular weight excluding hydrogens is 499 g/mol. The van der Waals surface area contributed by atoms with Crippen molar-refractivity contribution in [1.82, 2.24) is 0 Å². The van der Waals surface area contributed by atoms with Crippen LogP contribution in [-0.2, 0) is 9.59 Å². The fraction of sp³-hybridized carbons (Fsp3) is 0.148. The highest BCUT2D eigenvalue weighted by atomic mass is 35.5. The number of halogens is 2. The summed E-state index contributed by atoms with van der Waals surface area (Å²) in [4.78, 5) is 41.5. The monoisotopic (exact) mass is 520 g/mol. The summed E-state index contributed by atoms with van der Waals surface area (Å²) < 4.78 is 0. The summed E-state index contributed by atoms with van der Waals surface area (Å²) in [7, 11) is 0. The van der Waals surface area contributed by atoms with E-state index in [1.165, 1.54) is 18.9 Å². The van der Waals surface area contributed by atoms with Crippen LogP contribution in [0, 0.1) is 0 Å². The van der Waals surface area contributed by atoms with E-state index in [-0.39, 0.29) is 16.6 Å². The van der Waals surface area contributed by atoms with E-state index in [1.807, 2.05) is 24.3 Å². The maximum Gasteiger partial charge on any atom is 0.283 e. The quantitative estimate of drug-likeness (QED) is 0.411. The molecule has 0 atom stereocenters. The number of nitrogens with one attached hydrogen (secondary N) is 2. The van der Waals surface area contributed by atoms with Gasteiger partial charge in [0.25, 0.3) is 17.7 Å². The Hall–Kier alpha value is -3.81. The molecule has 0 aliphatic carbocycles. The molecule has 1 fully saturated rings. The summed E-state index contributed by atoms with van der Waals surface area (Å²) in [6.45, 7) is 2.12. The SMILES string of the molecule is O=C(Nc1ccc(N2CCCC2)cc1)c1ccc(NC2=C(Cl)C(=O)N(c3cccc(Cl)c3)C2=O)cc1. The maximum absolute atomic E-state index is 12.9. The zero-order chi connectivity index (χ0) is 25.2. The second-order valence-corrected chi connectivity index (χ2v) is 9.33. The largest absolute Gasteiger partial charge is 0.372 e. The smallest absolute Gasteiger partial charge is 0.283 e. The van der Waals surface area contributed by atoms with Gasteiger partial charge >= 0.3 is 0 Å². The van der Waals surface area contributed by atoms with Crippen molar-refractivity contribution in [3.8, 4) is 0 Å². The van der Waals surface area contributed by atoms with Crippen molar-refractivity contribution in [2.24, 2.45) is 0 Å². The van der Waals surface area contributed by atoms with Gasteiger partial charge in [-0.1, -0.05) is 29.3 Å². The molecule has 3 aromatic carbocycles. The molecule has 3 amide bonds. The predicted octanol–water partition coefficient (Wildman–Crippen LogP) is 5.63. The van der Waals surface area contributed by atoms with Crippen molar-refractivity contribution in [1.29, 1.82) is 0 Å². The minimum Gasteiger partial charge on any atom is -0.372 e. The summed E-state index contributed by atoms with van der Waals surface area (Å²) in [6.07, 6.45) is 2.41. The number of carbonyl (C=O) groups excluding carboxylic acids is 3. The molecule has 2 N–H and O–H groups in total. The number of amides is 3. The molecule has 7 nitrogen and oxygen atoms in total. The van der Waals surface area contributed by atoms with Gasteiger partial charge in [0.15, 0.2) is 0 Å². The summed E-state index contributed by atoms with van der Waals surface area (Å²) in [6, 6.07) is 20.7. The Morgan fingerprint density at radius 3 is 2.11 bits per heavy atom. The molecule has 2 aliphatic heterocycles. The third kappa shape index (κ3) is 4.80. The third-order valence-corrected chi connectivity index (χ3v) is 6.69. The highest BCUT2D eigenvalue weighted by molar-refractivity contribution is 6.53. The van der Waals surface area contributed by atoms with Crippen molar-refractivity contribution < 1.29 is 14.4 Å². The van der Waals surface area contributed by atoms with Crippen LogP contribution in [0.1, 0.15) is 23.2 Å². The molecule has 2 heterocycles. The first kappa shape index (κ1) is 23.9. The molecule has 2 aliphatic rings. The molecule has 182 valence electrons. The number of imide groups is 1. The number of hydrogen-bond acceptors (Lipinski definition) is 5. The first-order valence-corrected chi connectivity index (χ1v) is 12.2. The van der Waals surface area contributed by atoms with Gasteiger partial charge < -0.3 is 15.5 Å². The van der Waals surface area contributed by atoms with Crippen molar-refractivity contribution >= 4 is 63.7 Å². The molecule has 1 saturated heterocycles. The minimum absolute atomic E-state index is 0.0445. The highest BCUT2D eigenvalue weighted by Crippen LogP contribution is 2.31. The van der Waals surface area contributed by atoms with Gasteiger partial charge in [-0.25, -0.2) is 4.90 Å². The normalized spacial score (nSPS) is 15.6. The molecule has 3 aromatic rings. The van der Waals surface area contributed by atoms with Crippen LogP contribution < -0.4 is 20.4 Å². The van der Waals surface area contributed by atoms with Gasteiger partial charge in [0.2, 0.25) is 0 Å². The summed E-state index contributed by atoms with van der Waals surface area (Å²) in [5, 5.41) is 5.96. The van der Waals surface area contributed by atoms with E-state index < -0.39 is 11.8 Å². The summed E-state index contributed by atoms with van der Waals surface area (Å²) in [5.41, 5.74) is 3.09. The van der Waals surface area contributed by atoms with Crippen LogP contribution in [0.5, 0.6) is 0 Å². The Morgan fingerprint density at radius 1 is 0.778 bits per heavy atom. The summed E-state index contributed by atoms with van der Waals surface area (Å²) >= 11 is 12.2. The molecule has 0 spiro atoms. The van der Waals surface area contributed by atoms with Crippen molar-refractivity contribution in [2.75, 3.05) is 33.5 Å². The average molecular weight is 521 g/mol. The lowest BCUT2D eigenvalue weighted by Crippen LogP contribution is -2.32. The number of nitrogens with zero attached hydrogens (tertiary/aromatic N) is 2. The lowest BCUT2D eigenvalue weighted by Gasteiger charge is -2.17. The van der Waals surface area contributed by atoms with Gasteiger partial charge in [-0.2, -0.15) is 0 Å². The number of benzene rings is 3. The number of hydrogen-bond donors (Lipinski definition) is 2. The fourth-order valence-electron chi connectivity index (χ4n) is 4.24. The van der Waals surface area contributed by atoms with E-state index in [2.05, 4.69) is 15.5 Å². The Bertz CT molecular complexity index is 1360. The lowest BCUT2D eigenvalue weighted by atomic mass is 10.1. The van der Waals surface area contributed by atoms with Crippen molar-refractivity contribution in [3.05, 3.63) is 94.1 Å². The van der Waals surface area contributed by atoms with E-state index in [0.717, 1.165) is 23.7 Å². The number of carbonyl (C=O) groups is 3. The van der Waals surface area contributed by atoms with E-state index in [9.17, 15) is 14.4 Å². The van der Waals surface area contributed by atoms with E-state index in [1.54, 1.807) is 42.5 Å². The van der Waals surface area contributed by atoms with Crippen LogP contribution in [0.25, 0.3) is 0 Å². The first-order valence-electron chi connectivity index (χ1n) is 11.5. The number of anilines is 4. The minimum atomic E-state index is -0.641. The van der Waals surface area contributed by atoms with E-state index >= 15 is 0 Å². The zero-order valence-electron chi connectivity index (χ0n) is 19.1. The van der Waals surface area contributed by atoms with E-state index in [4.69, 9.17) is 23.2 Å². The first-order chi connectivity index (χ1) is 17.4. The third-order valence-electron chi connectivity index (χ3n) is 6.11. The molecule has 0 aromatic heterocycles. The molecule has 0 unspecified atom stereocenters. The predicted molar refractivity (Wildman–Crippen MR) is 143 cm³/mol. The van der Waals surface area contributed by atoms with Crippen LogP contribution in [-0.4, -0.2) is 30.8 Å². The Morgan fingerprint density at radius 2 is 1.44 bits per heavy atom. The molecular formula is C27H22Cl2N4O3. The van der Waals surface area contributed by atoms with Crippen molar-refractivity contribution in [3.63, 3.8) is 0 Å². The van der Waals surface area contributed by atoms with Gasteiger partial charge in [0.05, 0.1) is 5.69 Å². The highest BCUT2D eigenvalue weighted by Gasteiger charge is 2.39.